The van der Waals surface area contributed by atoms with Crippen LogP contribution in [-0.2, 0) is 16.0 Å². The SMILES string of the molecule is COC(=O)Cc1cnc(C(C)=O)nc1. The van der Waals surface area contributed by atoms with Crippen molar-refractivity contribution in [3.63, 3.8) is 0 Å². The van der Waals surface area contributed by atoms with E-state index in [1.807, 2.05) is 0 Å². The third-order valence-electron chi connectivity index (χ3n) is 1.60. The van der Waals surface area contributed by atoms with E-state index < -0.39 is 0 Å². The highest BCUT2D eigenvalue weighted by molar-refractivity contribution is 5.90. The maximum absolute atomic E-state index is 10.9. The largest absolute Gasteiger partial charge is 0.469 e. The zero-order chi connectivity index (χ0) is 10.6. The van der Waals surface area contributed by atoms with Crippen molar-refractivity contribution in [3.8, 4) is 0 Å². The molecule has 0 N–H and O–H groups in total. The van der Waals surface area contributed by atoms with E-state index in [1.165, 1.54) is 26.4 Å². The maximum Gasteiger partial charge on any atom is 0.310 e. The lowest BCUT2D eigenvalue weighted by Gasteiger charge is -1.99. The minimum Gasteiger partial charge on any atom is -0.469 e. The molecule has 0 saturated heterocycles. The van der Waals surface area contributed by atoms with E-state index in [1.54, 1.807) is 0 Å². The standard InChI is InChI=1S/C9H10N2O3/c1-6(12)9-10-4-7(5-11-9)3-8(13)14-2/h4-5H,3H2,1-2H3. The van der Waals surface area contributed by atoms with E-state index in [2.05, 4.69) is 14.7 Å². The van der Waals surface area contributed by atoms with Gasteiger partial charge >= 0.3 is 5.97 Å². The van der Waals surface area contributed by atoms with Crippen LogP contribution in [0.4, 0.5) is 0 Å². The van der Waals surface area contributed by atoms with E-state index >= 15 is 0 Å². The highest BCUT2D eigenvalue weighted by Crippen LogP contribution is 1.99. The number of esters is 1. The number of hydrogen-bond donors (Lipinski definition) is 0. The molecule has 1 rings (SSSR count). The highest BCUT2D eigenvalue weighted by Gasteiger charge is 2.05. The Morgan fingerprint density at radius 1 is 1.36 bits per heavy atom. The van der Waals surface area contributed by atoms with Gasteiger partial charge in [0.05, 0.1) is 13.5 Å². The molecule has 5 nitrogen and oxygen atoms in total. The third kappa shape index (κ3) is 2.62. The Kier molecular flexibility index (Phi) is 3.28. The van der Waals surface area contributed by atoms with Crippen molar-refractivity contribution in [1.82, 2.24) is 9.97 Å². The van der Waals surface area contributed by atoms with Crippen LogP contribution < -0.4 is 0 Å². The number of carbonyl (C=O) groups excluding carboxylic acids is 2. The molecule has 0 bridgehead atoms. The van der Waals surface area contributed by atoms with E-state index in [4.69, 9.17) is 0 Å². The highest BCUT2D eigenvalue weighted by atomic mass is 16.5. The van der Waals surface area contributed by atoms with Gasteiger partial charge in [0.15, 0.2) is 11.6 Å². The molecular weight excluding hydrogens is 184 g/mol. The van der Waals surface area contributed by atoms with Crippen LogP contribution in [0.5, 0.6) is 0 Å². The van der Waals surface area contributed by atoms with Gasteiger partial charge < -0.3 is 4.74 Å². The number of nitrogens with zero attached hydrogens (tertiary/aromatic N) is 2. The molecule has 0 amide bonds. The summed E-state index contributed by atoms with van der Waals surface area (Å²) in [7, 11) is 1.31. The molecule has 74 valence electrons. The van der Waals surface area contributed by atoms with Crippen molar-refractivity contribution in [2.24, 2.45) is 0 Å². The molecule has 1 aromatic rings. The fourth-order valence-corrected chi connectivity index (χ4v) is 0.867. The Labute approximate surface area is 81.1 Å². The van der Waals surface area contributed by atoms with Gasteiger partial charge in [-0.2, -0.15) is 0 Å². The Balaban J connectivity index is 2.73. The molecule has 0 unspecified atom stereocenters. The summed E-state index contributed by atoms with van der Waals surface area (Å²) >= 11 is 0. The van der Waals surface area contributed by atoms with E-state index in [9.17, 15) is 9.59 Å². The number of carbonyl (C=O) groups is 2. The number of methoxy groups -OCH3 is 1. The van der Waals surface area contributed by atoms with Crippen LogP contribution in [0.25, 0.3) is 0 Å². The number of Topliss-reactive ketones (excluding diaryl/α,β-unsaturated/α-hetero) is 1. The Morgan fingerprint density at radius 3 is 2.36 bits per heavy atom. The molecule has 0 fully saturated rings. The van der Waals surface area contributed by atoms with Gasteiger partial charge in [-0.3, -0.25) is 9.59 Å². The quantitative estimate of drug-likeness (QED) is 0.514. The average molecular weight is 194 g/mol. The summed E-state index contributed by atoms with van der Waals surface area (Å²) in [5, 5.41) is 0. The van der Waals surface area contributed by atoms with Crippen molar-refractivity contribution in [2.45, 2.75) is 13.3 Å². The zero-order valence-corrected chi connectivity index (χ0v) is 7.98. The van der Waals surface area contributed by atoms with Crippen molar-refractivity contribution < 1.29 is 14.3 Å². The van der Waals surface area contributed by atoms with Crippen LogP contribution in [0.3, 0.4) is 0 Å². The predicted octanol–water partition coefficient (Wildman–Crippen LogP) is 0.395. The molecule has 0 aliphatic carbocycles. The lowest BCUT2D eigenvalue weighted by molar-refractivity contribution is -0.139. The molecule has 1 heterocycles. The summed E-state index contributed by atoms with van der Waals surface area (Å²) in [4.78, 5) is 29.3. The fourth-order valence-electron chi connectivity index (χ4n) is 0.867. The first-order valence-corrected chi connectivity index (χ1v) is 4.02. The smallest absolute Gasteiger partial charge is 0.310 e. The molecule has 0 atom stereocenters. The van der Waals surface area contributed by atoms with Crippen molar-refractivity contribution in [3.05, 3.63) is 23.8 Å². The summed E-state index contributed by atoms with van der Waals surface area (Å²) < 4.78 is 4.47. The van der Waals surface area contributed by atoms with Gasteiger partial charge in [-0.25, -0.2) is 9.97 Å². The van der Waals surface area contributed by atoms with Crippen LogP contribution in [0, 0.1) is 0 Å². The molecule has 0 aliphatic heterocycles. The first-order chi connectivity index (χ1) is 6.63. The van der Waals surface area contributed by atoms with E-state index in [0.29, 0.717) is 5.56 Å². The van der Waals surface area contributed by atoms with Crippen LogP contribution >= 0.6 is 0 Å². The van der Waals surface area contributed by atoms with E-state index in [0.717, 1.165) is 0 Å². The van der Waals surface area contributed by atoms with Crippen LogP contribution in [-0.4, -0.2) is 28.8 Å². The molecular formula is C9H10N2O3. The number of ether oxygens (including phenoxy) is 1. The Bertz CT molecular complexity index is 346. The summed E-state index contributed by atoms with van der Waals surface area (Å²) in [6.07, 6.45) is 3.01. The minimum absolute atomic E-state index is 0.120. The lowest BCUT2D eigenvalue weighted by Crippen LogP contribution is -2.07. The van der Waals surface area contributed by atoms with Crippen LogP contribution in [0.15, 0.2) is 12.4 Å². The average Bonchev–Trinajstić information content (AvgIpc) is 2.18. The summed E-state index contributed by atoms with van der Waals surface area (Å²) in [5.74, 6) is -0.405. The number of hydrogen-bond acceptors (Lipinski definition) is 5. The van der Waals surface area contributed by atoms with Crippen molar-refractivity contribution in [1.29, 1.82) is 0 Å². The second-order valence-corrected chi connectivity index (χ2v) is 2.72. The summed E-state index contributed by atoms with van der Waals surface area (Å²) in [5.41, 5.74) is 0.627. The predicted molar refractivity (Wildman–Crippen MR) is 47.8 cm³/mol. The van der Waals surface area contributed by atoms with Crippen molar-refractivity contribution >= 4 is 11.8 Å². The molecule has 0 aliphatic rings. The van der Waals surface area contributed by atoms with Gasteiger partial charge in [0.2, 0.25) is 0 Å². The van der Waals surface area contributed by atoms with Crippen LogP contribution in [0.1, 0.15) is 23.1 Å². The minimum atomic E-state index is -0.357. The first-order valence-electron chi connectivity index (χ1n) is 4.02. The van der Waals surface area contributed by atoms with E-state index in [-0.39, 0.29) is 24.0 Å². The molecule has 0 spiro atoms. The maximum atomic E-state index is 10.9. The van der Waals surface area contributed by atoms with Crippen LogP contribution in [0.2, 0.25) is 0 Å². The van der Waals surface area contributed by atoms with Gasteiger partial charge in [0, 0.05) is 19.3 Å². The normalized spacial score (nSPS) is 9.57. The van der Waals surface area contributed by atoms with Gasteiger partial charge in [-0.1, -0.05) is 0 Å². The molecule has 0 aromatic carbocycles. The summed E-state index contributed by atoms with van der Waals surface area (Å²) in [6.45, 7) is 1.38. The Hall–Kier alpha value is -1.78. The topological polar surface area (TPSA) is 69.2 Å². The number of rotatable bonds is 3. The van der Waals surface area contributed by atoms with Gasteiger partial charge in [-0.15, -0.1) is 0 Å². The molecule has 0 saturated carbocycles. The number of aromatic nitrogens is 2. The fraction of sp³-hybridized carbons (Fsp3) is 0.333. The monoisotopic (exact) mass is 194 g/mol. The first kappa shape index (κ1) is 10.3. The van der Waals surface area contributed by atoms with Gasteiger partial charge in [-0.05, 0) is 5.56 Å². The van der Waals surface area contributed by atoms with Crippen molar-refractivity contribution in [2.75, 3.05) is 7.11 Å². The molecule has 0 radical (unpaired) electrons. The second-order valence-electron chi connectivity index (χ2n) is 2.72. The third-order valence-corrected chi connectivity index (χ3v) is 1.60. The molecule has 5 heteroatoms. The van der Waals surface area contributed by atoms with Gasteiger partial charge in [0.25, 0.3) is 0 Å². The zero-order valence-electron chi connectivity index (χ0n) is 7.98. The number of ketones is 1. The second kappa shape index (κ2) is 4.45. The lowest BCUT2D eigenvalue weighted by atomic mass is 10.2. The Morgan fingerprint density at radius 2 is 1.93 bits per heavy atom. The summed E-state index contributed by atoms with van der Waals surface area (Å²) in [6, 6.07) is 0. The molecule has 14 heavy (non-hydrogen) atoms. The molecule has 1 aromatic heterocycles. The van der Waals surface area contributed by atoms with Gasteiger partial charge in [0.1, 0.15) is 0 Å².